The Labute approximate surface area is 315 Å². The molecule has 1 unspecified atom stereocenters. The van der Waals surface area contributed by atoms with E-state index in [2.05, 4.69) is 25.5 Å². The number of ether oxygens (including phenoxy) is 1. The first kappa shape index (κ1) is 38.2. The van der Waals surface area contributed by atoms with Crippen LogP contribution in [0.5, 0.6) is 0 Å². The summed E-state index contributed by atoms with van der Waals surface area (Å²) in [6, 6.07) is 6.87. The zero-order chi connectivity index (χ0) is 39.9. The van der Waals surface area contributed by atoms with Crippen LogP contribution in [0.2, 0.25) is 5.02 Å². The first-order chi connectivity index (χ1) is 25.6. The van der Waals surface area contributed by atoms with E-state index in [0.717, 1.165) is 40.6 Å². The van der Waals surface area contributed by atoms with Gasteiger partial charge in [-0.2, -0.15) is 27.5 Å². The average Bonchev–Trinajstić information content (AvgIpc) is 3.39. The number of amides is 2. The molecule has 7 rings (SSSR count). The second kappa shape index (κ2) is 13.0. The predicted molar refractivity (Wildman–Crippen MR) is 186 cm³/mol. The fourth-order valence-electron chi connectivity index (χ4n) is 6.82. The number of hydrogen-bond acceptors (Lipinski definition) is 10. The normalized spacial score (nSPS) is 22.0. The number of aliphatic imine (C=N–C) groups is 1. The fourth-order valence-corrected chi connectivity index (χ4v) is 7.54. The van der Waals surface area contributed by atoms with Gasteiger partial charge in [-0.1, -0.05) is 50.6 Å². The third-order valence-electron chi connectivity index (χ3n) is 9.53. The molecule has 4 heterocycles. The van der Waals surface area contributed by atoms with Gasteiger partial charge < -0.3 is 15.4 Å². The number of benzene rings is 2. The summed E-state index contributed by atoms with van der Waals surface area (Å²) < 4.78 is 105. The van der Waals surface area contributed by atoms with E-state index in [-0.39, 0.29) is 64.0 Å². The van der Waals surface area contributed by atoms with E-state index in [1.165, 1.54) is 30.3 Å². The molecule has 2 fully saturated rings. The van der Waals surface area contributed by atoms with E-state index in [1.807, 2.05) is 26.1 Å². The minimum atomic E-state index is -4.74. The number of carbonyl (C=O) groups is 2. The first-order valence-electron chi connectivity index (χ1n) is 16.7. The average molecular weight is 810 g/mol. The first-order valence-corrected chi connectivity index (χ1v) is 19.0. The van der Waals surface area contributed by atoms with Crippen LogP contribution < -0.4 is 10.6 Å². The van der Waals surface area contributed by atoms with Gasteiger partial charge in [-0.25, -0.2) is 36.7 Å². The molecule has 14 nitrogen and oxygen atoms in total. The lowest BCUT2D eigenvalue weighted by molar-refractivity contribution is -0.164. The largest absolute Gasteiger partial charge is 0.447 e. The summed E-state index contributed by atoms with van der Waals surface area (Å²) in [5, 5.41) is 12.9. The minimum absolute atomic E-state index is 0.0342. The van der Waals surface area contributed by atoms with Crippen LogP contribution >= 0.6 is 11.6 Å². The van der Waals surface area contributed by atoms with Crippen LogP contribution in [-0.2, 0) is 25.1 Å². The van der Waals surface area contributed by atoms with E-state index < -0.39 is 69.5 Å². The van der Waals surface area contributed by atoms with Gasteiger partial charge in [0.25, 0.3) is 22.2 Å². The number of nitrogens with zero attached hydrogens (tertiary/aromatic N) is 7. The SMILES string of the molecule is CC(C)(C)C[C@]1(c2ccc(-c3cnn(S(C)(=O)=O)c3)c(F)c2)NC2=NC(F)c3ncnn3-c3cc(ccc3Cl)[C@@H](COC(=O)NC3(C(F)(F)F)CC3)N2C1=O. The molecule has 292 valence electrons. The number of carbonyl (C=O) groups excluding carboxylic acids is 2. The fraction of sp³-hybridized carbons (Fsp3) is 0.412. The number of alkyl carbamates (subject to hydrolysis) is 1. The summed E-state index contributed by atoms with van der Waals surface area (Å²) in [4.78, 5) is 37.3. The van der Waals surface area contributed by atoms with Gasteiger partial charge in [0.05, 0.1) is 35.4 Å². The molecule has 3 atom stereocenters. The van der Waals surface area contributed by atoms with Gasteiger partial charge >= 0.3 is 12.3 Å². The molecule has 1 aliphatic carbocycles. The third kappa shape index (κ3) is 6.89. The minimum Gasteiger partial charge on any atom is -0.447 e. The molecule has 55 heavy (non-hydrogen) atoms. The van der Waals surface area contributed by atoms with Crippen molar-refractivity contribution < 1.29 is 44.7 Å². The maximum atomic E-state index is 16.3. The Morgan fingerprint density at radius 2 is 1.85 bits per heavy atom. The molecule has 0 radical (unpaired) electrons. The molecular weight excluding hydrogens is 777 g/mol. The number of nitrogens with one attached hydrogen (secondary N) is 2. The summed E-state index contributed by atoms with van der Waals surface area (Å²) in [7, 11) is -3.78. The van der Waals surface area contributed by atoms with Crippen molar-refractivity contribution in [2.75, 3.05) is 12.9 Å². The maximum absolute atomic E-state index is 16.3. The number of alkyl halides is 4. The van der Waals surface area contributed by atoms with Gasteiger partial charge in [-0.3, -0.25) is 9.69 Å². The number of aromatic nitrogens is 5. The highest BCUT2D eigenvalue weighted by Crippen LogP contribution is 2.49. The number of halogens is 6. The highest BCUT2D eigenvalue weighted by atomic mass is 35.5. The predicted octanol–water partition coefficient (Wildman–Crippen LogP) is 5.69. The van der Waals surface area contributed by atoms with E-state index in [0.29, 0.717) is 4.09 Å². The van der Waals surface area contributed by atoms with Gasteiger partial charge in [0.1, 0.15) is 29.8 Å². The second-order valence-electron chi connectivity index (χ2n) is 14.9. The molecule has 2 bridgehead atoms. The molecule has 1 saturated heterocycles. The van der Waals surface area contributed by atoms with E-state index in [1.54, 1.807) is 0 Å². The highest BCUT2D eigenvalue weighted by molar-refractivity contribution is 7.89. The summed E-state index contributed by atoms with van der Waals surface area (Å²) in [6.07, 6.45) is -4.85. The smallest absolute Gasteiger partial charge is 0.411 e. The number of guanidine groups is 1. The van der Waals surface area contributed by atoms with Gasteiger partial charge in [0.2, 0.25) is 5.96 Å². The zero-order valence-electron chi connectivity index (χ0n) is 29.5. The van der Waals surface area contributed by atoms with E-state index in [9.17, 15) is 26.4 Å². The number of hydrogen-bond donors (Lipinski definition) is 2. The van der Waals surface area contributed by atoms with Crippen LogP contribution in [0.1, 0.15) is 69.3 Å². The van der Waals surface area contributed by atoms with Gasteiger partial charge in [-0.15, -0.1) is 0 Å². The summed E-state index contributed by atoms with van der Waals surface area (Å²) in [5.74, 6) is -2.32. The lowest BCUT2D eigenvalue weighted by Crippen LogP contribution is -2.49. The summed E-state index contributed by atoms with van der Waals surface area (Å²) in [5.41, 5.74) is -4.47. The Bertz CT molecular complexity index is 2360. The van der Waals surface area contributed by atoms with Crippen LogP contribution in [0.15, 0.2) is 60.1 Å². The van der Waals surface area contributed by atoms with Crippen LogP contribution in [0, 0.1) is 11.2 Å². The Morgan fingerprint density at radius 3 is 2.47 bits per heavy atom. The van der Waals surface area contributed by atoms with Gasteiger partial charge in [-0.05, 0) is 54.0 Å². The zero-order valence-corrected chi connectivity index (χ0v) is 31.1. The van der Waals surface area contributed by atoms with Crippen LogP contribution in [0.3, 0.4) is 0 Å². The topological polar surface area (TPSA) is 166 Å². The molecular formula is C34H33ClF5N9O5S. The van der Waals surface area contributed by atoms with Gasteiger partial charge in [0.15, 0.2) is 5.82 Å². The summed E-state index contributed by atoms with van der Waals surface area (Å²) >= 11 is 6.50. The van der Waals surface area contributed by atoms with Crippen molar-refractivity contribution >= 4 is 39.6 Å². The quantitative estimate of drug-likeness (QED) is 0.176. The van der Waals surface area contributed by atoms with Crippen LogP contribution in [-0.4, -0.2) is 79.8 Å². The lowest BCUT2D eigenvalue weighted by Gasteiger charge is -2.35. The van der Waals surface area contributed by atoms with Crippen LogP contribution in [0.25, 0.3) is 16.8 Å². The number of fused-ring (bicyclic) bond motifs is 5. The lowest BCUT2D eigenvalue weighted by atomic mass is 9.75. The number of rotatable bonds is 7. The van der Waals surface area contributed by atoms with Crippen molar-refractivity contribution in [2.45, 2.75) is 69.6 Å². The Morgan fingerprint density at radius 1 is 1.13 bits per heavy atom. The van der Waals surface area contributed by atoms with Crippen molar-refractivity contribution in [3.63, 3.8) is 0 Å². The highest BCUT2D eigenvalue weighted by Gasteiger charge is 2.65. The molecule has 21 heteroatoms. The molecule has 1 saturated carbocycles. The second-order valence-corrected chi connectivity index (χ2v) is 17.1. The Hall–Kier alpha value is -5.11. The van der Waals surface area contributed by atoms with Crippen molar-refractivity contribution in [3.05, 3.63) is 82.9 Å². The molecule has 4 aromatic rings. The molecule has 2 aliphatic heterocycles. The van der Waals surface area contributed by atoms with Crippen LogP contribution in [0.4, 0.5) is 26.7 Å². The third-order valence-corrected chi connectivity index (χ3v) is 10.7. The molecule has 3 aliphatic rings. The monoisotopic (exact) mass is 809 g/mol. The Balaban J connectivity index is 1.35. The molecule has 0 spiro atoms. The summed E-state index contributed by atoms with van der Waals surface area (Å²) in [6.45, 7) is 4.70. The van der Waals surface area contributed by atoms with Crippen molar-refractivity contribution in [1.82, 2.24) is 39.5 Å². The van der Waals surface area contributed by atoms with Crippen molar-refractivity contribution in [1.29, 1.82) is 0 Å². The molecule has 2 amide bonds. The maximum Gasteiger partial charge on any atom is 0.411 e. The molecule has 2 aromatic carbocycles. The van der Waals surface area contributed by atoms with E-state index >= 15 is 13.6 Å². The molecule has 2 N–H and O–H groups in total. The van der Waals surface area contributed by atoms with Crippen molar-refractivity contribution in [2.24, 2.45) is 10.4 Å². The van der Waals surface area contributed by atoms with Gasteiger partial charge in [0, 0.05) is 11.1 Å². The molecule has 2 aromatic heterocycles. The van der Waals surface area contributed by atoms with E-state index in [4.69, 9.17) is 16.3 Å². The Kier molecular flexibility index (Phi) is 9.02. The standard InChI is InChI=1S/C34H33ClF5N9O5S/c1-31(2,3)16-33(20-6-7-21(23(36)12-20)19-13-42-47(14-19)55(4,52)53)28(50)48-25(15-54-30(51)46-32(9-10-32)34(38,39)40)18-5-8-22(35)24(11-18)49-27(41-17-43-49)26(37)44-29(48)45-33/h5-8,11-14,17,25-26H,9-10,15-16H2,1-4H3,(H,44,45)(H,46,51)/t25-,26?,33-/m1/s1. The van der Waals surface area contributed by atoms with Crippen molar-refractivity contribution in [3.8, 4) is 16.8 Å².